The van der Waals surface area contributed by atoms with E-state index in [9.17, 15) is 101 Å². The molecule has 7 rings (SSSR count). The summed E-state index contributed by atoms with van der Waals surface area (Å²) in [6.45, 7) is 19.9. The van der Waals surface area contributed by atoms with E-state index >= 15 is 0 Å². The quantitative estimate of drug-likeness (QED) is 0.0884. The van der Waals surface area contributed by atoms with Crippen molar-refractivity contribution in [2.75, 3.05) is 0 Å². The SMILES string of the molecule is CC[C@H](O[C@H]1C[C@@](C)(O)[C@H](O[C@H]2CC[C@H](OC(=O)[C@H](C)[C@H](O)c3ccc4c(c3)C(=O)C=C(C)C4=O)[C@@H](C)O2)[C@H](C)O1)[C@H](C)[C@H](O)[C@@H](C)[C@H](O)[C@H](C)[C@H]1OC(=O)/C=C/[C@H](C)[C@H](O)C[C@H](O)CCC[C@@H](O)CC[C@@H](C)[C@H](O)C(=O)[C@]2(O)O[C@H](C[C@@H](O)C[C@H](O)C[C@H](O)CCC[C@H](O)[C@@H]3O[C@H]3[C@@H]1C)C[C@H](O)[C@H]2O. The number of carbonyl (C=O) groups is 5. The maximum absolute atomic E-state index is 13.9. The average molecular weight is 1500 g/mol. The first-order valence-electron chi connectivity index (χ1n) is 38.0. The molecule has 0 spiro atoms. The van der Waals surface area contributed by atoms with E-state index in [-0.39, 0.29) is 118 Å². The van der Waals surface area contributed by atoms with Crippen molar-refractivity contribution in [2.24, 2.45) is 41.4 Å². The third-order valence-corrected chi connectivity index (χ3v) is 22.9. The zero-order valence-corrected chi connectivity index (χ0v) is 62.9. The van der Waals surface area contributed by atoms with Crippen LogP contribution in [0.15, 0.2) is 42.0 Å². The molecule has 1 aromatic carbocycles. The number of hydrogen-bond acceptors (Lipinski definition) is 28. The molecule has 0 saturated carbocycles. The van der Waals surface area contributed by atoms with Gasteiger partial charge in [0.25, 0.3) is 5.79 Å². The number of epoxide rings is 1. The molecular weight excluding hydrogens is 1370 g/mol. The number of allylic oxidation sites excluding steroid dienone is 2. The highest BCUT2D eigenvalue weighted by Gasteiger charge is 2.57. The minimum atomic E-state index is -3.07. The number of carbonyl (C=O) groups excluding carboxylic acids is 5. The molecule has 4 fully saturated rings. The van der Waals surface area contributed by atoms with Crippen LogP contribution in [0, 0.1) is 41.4 Å². The Kier molecular flexibility index (Phi) is 32.4. The molecule has 15 N–H and O–H groups in total. The van der Waals surface area contributed by atoms with Crippen LogP contribution in [0.3, 0.4) is 0 Å². The summed E-state index contributed by atoms with van der Waals surface area (Å²) in [5.74, 6) is -12.3. The molecule has 2 bridgehead atoms. The highest BCUT2D eigenvalue weighted by Crippen LogP contribution is 2.43. The Hall–Kier alpha value is -4.19. The molecule has 5 aliphatic heterocycles. The van der Waals surface area contributed by atoms with E-state index in [4.69, 9.17) is 37.9 Å². The third-order valence-electron chi connectivity index (χ3n) is 22.9. The van der Waals surface area contributed by atoms with Crippen LogP contribution in [0.5, 0.6) is 0 Å². The number of Topliss-reactive ketones (excluding diaryl/α,β-unsaturated/α-hetero) is 2. The molecule has 33 atom stereocenters. The van der Waals surface area contributed by atoms with E-state index in [1.54, 1.807) is 62.3 Å². The number of benzene rings is 1. The monoisotopic (exact) mass is 1490 g/mol. The summed E-state index contributed by atoms with van der Waals surface area (Å²) in [5, 5.41) is 169. The lowest BCUT2D eigenvalue weighted by atomic mass is 9.77. The Morgan fingerprint density at radius 2 is 1.29 bits per heavy atom. The number of ketones is 3. The van der Waals surface area contributed by atoms with Gasteiger partial charge >= 0.3 is 11.9 Å². The summed E-state index contributed by atoms with van der Waals surface area (Å²) in [6.07, 6.45) is -22.1. The standard InChI is InChI=1S/C77H122O28/c1-13-59(100-63-35-76(12,96)74(45(11)99-63)103-62-27-25-60(44(10)98-62)101-75(95)42(8)68(92)46-22-24-53-54(29-46)57(85)28-38(4)64(53)88)39(5)66(90)40(6)67(91)41(7)69-43(9)70-71(104-70)55(83)19-15-18-48(79)30-50(81)31-51(82)32-52-34-58(86)72(93)77(97,105-52)73(94)65(89)37(3)20-23-47(78)16-14-17-49(80)33-56(84)36(2)21-26-61(87)102-69/h21-22,24,26,28-29,36-37,39-45,47-52,55-56,58-60,62-63,65-72,74,78-84,86,89-93,96-97H,13-20,23,25,27,30-35H2,1-12H3/b26-21+/t36-,37+,39-,40+,41-,42+,43+,44+,45-,47+,48+,49+,50+,51-,52+,55-,56+,58-,59-,60-,62-,63-,65-,66-,67-,68-,69+,70-,71-,72+,74+,76+,77+/m0/s1. The molecule has 598 valence electrons. The van der Waals surface area contributed by atoms with E-state index in [2.05, 4.69) is 0 Å². The van der Waals surface area contributed by atoms with E-state index in [0.717, 1.165) is 6.08 Å². The summed E-state index contributed by atoms with van der Waals surface area (Å²) in [7, 11) is 0. The predicted octanol–water partition coefficient (Wildman–Crippen LogP) is 3.31. The van der Waals surface area contributed by atoms with Crippen LogP contribution in [0.2, 0.25) is 0 Å². The van der Waals surface area contributed by atoms with Gasteiger partial charge in [-0.3, -0.25) is 19.2 Å². The number of esters is 2. The topological polar surface area (TPSA) is 466 Å². The zero-order valence-electron chi connectivity index (χ0n) is 62.9. The first-order chi connectivity index (χ1) is 49.2. The second kappa shape index (κ2) is 38.6. The Morgan fingerprint density at radius 1 is 0.657 bits per heavy atom. The van der Waals surface area contributed by atoms with Gasteiger partial charge in [0, 0.05) is 71.6 Å². The minimum absolute atomic E-state index is 0.0557. The number of hydrogen-bond donors (Lipinski definition) is 15. The van der Waals surface area contributed by atoms with Gasteiger partial charge in [-0.15, -0.1) is 0 Å². The Bertz CT molecular complexity index is 3050. The molecular formula is C77H122O28. The Balaban J connectivity index is 0.948. The fraction of sp³-hybridized carbons (Fsp3) is 0.805. The molecule has 0 unspecified atom stereocenters. The molecule has 0 amide bonds. The fourth-order valence-electron chi connectivity index (χ4n) is 15.8. The maximum atomic E-state index is 13.9. The lowest BCUT2D eigenvalue weighted by Crippen LogP contribution is -2.65. The molecule has 28 heteroatoms. The van der Waals surface area contributed by atoms with Gasteiger partial charge in [-0.1, -0.05) is 60.6 Å². The maximum Gasteiger partial charge on any atom is 0.330 e. The molecule has 4 saturated heterocycles. The van der Waals surface area contributed by atoms with Crippen LogP contribution in [0.25, 0.3) is 0 Å². The average Bonchev–Trinajstić information content (AvgIpc) is 1.34. The molecule has 105 heavy (non-hydrogen) atoms. The molecule has 0 radical (unpaired) electrons. The van der Waals surface area contributed by atoms with Gasteiger partial charge in [-0.25, -0.2) is 4.79 Å². The van der Waals surface area contributed by atoms with E-state index < -0.39 is 217 Å². The van der Waals surface area contributed by atoms with Crippen molar-refractivity contribution >= 4 is 29.3 Å². The van der Waals surface area contributed by atoms with Crippen molar-refractivity contribution < 1.29 is 138 Å². The first kappa shape index (κ1) is 88.0. The highest BCUT2D eigenvalue weighted by atomic mass is 16.7. The summed E-state index contributed by atoms with van der Waals surface area (Å²) in [4.78, 5) is 66.2. The number of rotatable bonds is 15. The van der Waals surface area contributed by atoms with E-state index in [0.29, 0.717) is 24.8 Å². The summed E-state index contributed by atoms with van der Waals surface area (Å²) < 4.78 is 49.1. The number of ether oxygens (including phenoxy) is 8. The van der Waals surface area contributed by atoms with Gasteiger partial charge in [-0.2, -0.15) is 0 Å². The van der Waals surface area contributed by atoms with Crippen LogP contribution >= 0.6 is 0 Å². The largest absolute Gasteiger partial charge is 0.459 e. The van der Waals surface area contributed by atoms with Gasteiger partial charge in [0.2, 0.25) is 5.78 Å². The van der Waals surface area contributed by atoms with Crippen molar-refractivity contribution in [3.63, 3.8) is 0 Å². The number of fused-ring (bicyclic) bond motifs is 4. The van der Waals surface area contributed by atoms with Gasteiger partial charge < -0.3 is 114 Å². The molecule has 28 nitrogen and oxygen atoms in total. The molecule has 1 aliphatic carbocycles. The Labute approximate surface area is 616 Å². The van der Waals surface area contributed by atoms with E-state index in [1.807, 2.05) is 6.92 Å². The van der Waals surface area contributed by atoms with Gasteiger partial charge in [0.15, 0.2) is 24.1 Å². The van der Waals surface area contributed by atoms with Gasteiger partial charge in [0.05, 0.1) is 109 Å². The summed E-state index contributed by atoms with van der Waals surface area (Å²) in [5.41, 5.74) is -0.586. The number of cyclic esters (lactones) is 1. The highest BCUT2D eigenvalue weighted by molar-refractivity contribution is 6.24. The van der Waals surface area contributed by atoms with Crippen molar-refractivity contribution in [1.82, 2.24) is 0 Å². The second-order valence-corrected chi connectivity index (χ2v) is 31.7. The Morgan fingerprint density at radius 3 is 1.94 bits per heavy atom. The van der Waals surface area contributed by atoms with E-state index in [1.165, 1.54) is 44.2 Å². The normalized spacial score (nSPS) is 40.8. The molecule has 1 aromatic rings. The summed E-state index contributed by atoms with van der Waals surface area (Å²) in [6, 6.07) is 4.40. The van der Waals surface area contributed by atoms with Crippen LogP contribution in [0.4, 0.5) is 0 Å². The molecule has 5 heterocycles. The number of aliphatic hydroxyl groups is 15. The van der Waals surface area contributed by atoms with Crippen LogP contribution in [-0.4, -0.2) is 258 Å². The summed E-state index contributed by atoms with van der Waals surface area (Å²) >= 11 is 0. The third kappa shape index (κ3) is 23.0. The first-order valence-corrected chi connectivity index (χ1v) is 38.0. The smallest absolute Gasteiger partial charge is 0.330 e. The van der Waals surface area contributed by atoms with Crippen molar-refractivity contribution in [3.8, 4) is 0 Å². The van der Waals surface area contributed by atoms with Gasteiger partial charge in [-0.05, 0) is 154 Å². The van der Waals surface area contributed by atoms with Crippen LogP contribution in [-0.2, 0) is 52.3 Å². The van der Waals surface area contributed by atoms with Crippen molar-refractivity contribution in [3.05, 3.63) is 58.7 Å². The number of aliphatic hydroxyl groups excluding tert-OH is 13. The fourth-order valence-corrected chi connectivity index (χ4v) is 15.8. The molecule has 6 aliphatic rings. The van der Waals surface area contributed by atoms with Crippen molar-refractivity contribution in [2.45, 2.75) is 350 Å². The second-order valence-electron chi connectivity index (χ2n) is 31.7. The van der Waals surface area contributed by atoms with Crippen LogP contribution < -0.4 is 0 Å². The minimum Gasteiger partial charge on any atom is -0.459 e. The van der Waals surface area contributed by atoms with Crippen molar-refractivity contribution in [1.29, 1.82) is 0 Å². The van der Waals surface area contributed by atoms with Crippen LogP contribution in [0.1, 0.15) is 225 Å². The molecule has 0 aromatic heterocycles. The van der Waals surface area contributed by atoms with Gasteiger partial charge in [0.1, 0.15) is 36.6 Å². The zero-order chi connectivity index (χ0) is 78.0. The predicted molar refractivity (Wildman–Crippen MR) is 376 cm³/mol. The lowest BCUT2D eigenvalue weighted by Gasteiger charge is -2.47. The lowest BCUT2D eigenvalue weighted by molar-refractivity contribution is -0.330.